The monoisotopic (exact) mass is 161 g/mol. The molecule has 1 fully saturated rings. The van der Waals surface area contributed by atoms with Crippen molar-refractivity contribution in [1.82, 2.24) is 5.32 Å². The lowest BCUT2D eigenvalue weighted by molar-refractivity contribution is -0.138. The normalized spacial score (nSPS) is 32.5. The fraction of sp³-hybridized carbons (Fsp3) is 0.833. The van der Waals surface area contributed by atoms with Gasteiger partial charge in [0.15, 0.2) is 0 Å². The molecule has 1 unspecified atom stereocenters. The molecular weight excluding hydrogens is 150 g/mol. The molecule has 1 rings (SSSR count). The predicted molar refractivity (Wildman–Crippen MR) is 41.1 cm³/mol. The highest BCUT2D eigenvalue weighted by molar-refractivity contribution is 8.00. The fourth-order valence-corrected chi connectivity index (χ4v) is 2.07. The smallest absolute Gasteiger partial charge is 0.321 e. The summed E-state index contributed by atoms with van der Waals surface area (Å²) >= 11 is 1.69. The summed E-state index contributed by atoms with van der Waals surface area (Å²) in [6, 6.07) is -0.324. The Labute approximate surface area is 64.2 Å². The van der Waals surface area contributed by atoms with Crippen LogP contribution in [0.4, 0.5) is 0 Å². The van der Waals surface area contributed by atoms with Crippen LogP contribution in [-0.4, -0.2) is 28.2 Å². The Morgan fingerprint density at radius 3 is 2.90 bits per heavy atom. The minimum Gasteiger partial charge on any atom is -0.480 e. The molecule has 0 aliphatic carbocycles. The minimum absolute atomic E-state index is 0.324. The van der Waals surface area contributed by atoms with Crippen molar-refractivity contribution < 1.29 is 9.90 Å². The summed E-state index contributed by atoms with van der Waals surface area (Å²) < 4.78 is 0. The molecule has 0 bridgehead atoms. The highest BCUT2D eigenvalue weighted by atomic mass is 32.2. The Morgan fingerprint density at radius 1 is 1.90 bits per heavy atom. The maximum atomic E-state index is 10.4. The molecule has 1 heterocycles. The van der Waals surface area contributed by atoms with Gasteiger partial charge < -0.3 is 5.11 Å². The van der Waals surface area contributed by atoms with Crippen molar-refractivity contribution in [3.63, 3.8) is 0 Å². The third kappa shape index (κ3) is 1.64. The number of thioether (sulfide) groups is 1. The Kier molecular flexibility index (Phi) is 2.56. The van der Waals surface area contributed by atoms with Gasteiger partial charge in [-0.2, -0.15) is 0 Å². The number of nitrogens with one attached hydrogen (secondary N) is 1. The van der Waals surface area contributed by atoms with Gasteiger partial charge in [0.2, 0.25) is 0 Å². The SMILES string of the molecule is CC[C@@H]1NC(C(=O)O)CS1. The van der Waals surface area contributed by atoms with Gasteiger partial charge in [-0.3, -0.25) is 10.1 Å². The largest absolute Gasteiger partial charge is 0.480 e. The van der Waals surface area contributed by atoms with E-state index >= 15 is 0 Å². The van der Waals surface area contributed by atoms with E-state index in [4.69, 9.17) is 5.11 Å². The summed E-state index contributed by atoms with van der Waals surface area (Å²) in [5.74, 6) is -0.0307. The van der Waals surface area contributed by atoms with E-state index < -0.39 is 5.97 Å². The van der Waals surface area contributed by atoms with Crippen molar-refractivity contribution in [2.45, 2.75) is 24.8 Å². The lowest BCUT2D eigenvalue weighted by atomic mass is 10.3. The molecule has 2 N–H and O–H groups in total. The lowest BCUT2D eigenvalue weighted by Crippen LogP contribution is -2.36. The third-order valence-corrected chi connectivity index (χ3v) is 2.92. The highest BCUT2D eigenvalue weighted by Crippen LogP contribution is 2.20. The van der Waals surface area contributed by atoms with Crippen molar-refractivity contribution in [2.24, 2.45) is 0 Å². The lowest BCUT2D eigenvalue weighted by Gasteiger charge is -2.06. The average molecular weight is 161 g/mol. The molecule has 0 amide bonds. The number of carboxylic acids is 1. The van der Waals surface area contributed by atoms with Gasteiger partial charge in [-0.05, 0) is 6.42 Å². The van der Waals surface area contributed by atoms with E-state index in [2.05, 4.69) is 12.2 Å². The molecule has 4 heteroatoms. The van der Waals surface area contributed by atoms with Crippen LogP contribution < -0.4 is 5.32 Å². The first-order valence-corrected chi connectivity index (χ1v) is 4.39. The van der Waals surface area contributed by atoms with E-state index in [-0.39, 0.29) is 6.04 Å². The number of rotatable bonds is 2. The molecule has 0 spiro atoms. The van der Waals surface area contributed by atoms with E-state index in [0.717, 1.165) is 6.42 Å². The Hall–Kier alpha value is -0.220. The minimum atomic E-state index is -0.733. The van der Waals surface area contributed by atoms with Gasteiger partial charge in [0.05, 0.1) is 5.37 Å². The van der Waals surface area contributed by atoms with Gasteiger partial charge in [-0.1, -0.05) is 6.92 Å². The molecule has 0 radical (unpaired) electrons. The Balaban J connectivity index is 2.35. The van der Waals surface area contributed by atoms with Gasteiger partial charge in [0.1, 0.15) is 6.04 Å². The van der Waals surface area contributed by atoms with Gasteiger partial charge in [0.25, 0.3) is 0 Å². The predicted octanol–water partition coefficient (Wildman–Crippen LogP) is 0.512. The van der Waals surface area contributed by atoms with Crippen LogP contribution in [0.3, 0.4) is 0 Å². The number of hydrogen-bond donors (Lipinski definition) is 2. The molecule has 1 saturated heterocycles. The summed E-state index contributed by atoms with van der Waals surface area (Å²) in [7, 11) is 0. The zero-order chi connectivity index (χ0) is 7.56. The number of carboxylic acid groups (broad SMARTS) is 1. The van der Waals surface area contributed by atoms with Crippen LogP contribution in [0.2, 0.25) is 0 Å². The second kappa shape index (κ2) is 3.25. The maximum absolute atomic E-state index is 10.4. The van der Waals surface area contributed by atoms with Crippen LogP contribution in [0.15, 0.2) is 0 Å². The molecule has 1 aliphatic rings. The van der Waals surface area contributed by atoms with Crippen molar-refractivity contribution in [3.05, 3.63) is 0 Å². The second-order valence-corrected chi connectivity index (χ2v) is 3.52. The molecule has 3 nitrogen and oxygen atoms in total. The average Bonchev–Trinajstić information content (AvgIpc) is 2.34. The van der Waals surface area contributed by atoms with Crippen LogP contribution >= 0.6 is 11.8 Å². The van der Waals surface area contributed by atoms with E-state index in [9.17, 15) is 4.79 Å². The summed E-state index contributed by atoms with van der Waals surface area (Å²) in [4.78, 5) is 10.4. The van der Waals surface area contributed by atoms with Crippen molar-refractivity contribution in [3.8, 4) is 0 Å². The Morgan fingerprint density at radius 2 is 2.60 bits per heavy atom. The van der Waals surface area contributed by atoms with Crippen molar-refractivity contribution in [2.75, 3.05) is 5.75 Å². The first-order chi connectivity index (χ1) is 4.74. The van der Waals surface area contributed by atoms with E-state index in [0.29, 0.717) is 11.1 Å². The topological polar surface area (TPSA) is 49.3 Å². The highest BCUT2D eigenvalue weighted by Gasteiger charge is 2.27. The van der Waals surface area contributed by atoms with Crippen LogP contribution in [0, 0.1) is 0 Å². The molecule has 0 aromatic carbocycles. The molecular formula is C6H11NO2S. The molecule has 1 aliphatic heterocycles. The first-order valence-electron chi connectivity index (χ1n) is 3.34. The molecule has 0 aromatic heterocycles. The number of carbonyl (C=O) groups is 1. The van der Waals surface area contributed by atoms with Crippen molar-refractivity contribution >= 4 is 17.7 Å². The Bertz CT molecular complexity index is 140. The summed E-state index contributed by atoms with van der Waals surface area (Å²) in [6.07, 6.45) is 0.994. The van der Waals surface area contributed by atoms with Gasteiger partial charge in [-0.15, -0.1) is 11.8 Å². The fourth-order valence-electron chi connectivity index (χ4n) is 0.911. The number of aliphatic carboxylic acids is 1. The van der Waals surface area contributed by atoms with E-state index in [1.54, 1.807) is 11.8 Å². The van der Waals surface area contributed by atoms with E-state index in [1.807, 2.05) is 0 Å². The van der Waals surface area contributed by atoms with Crippen LogP contribution in [0.5, 0.6) is 0 Å². The summed E-state index contributed by atoms with van der Waals surface area (Å²) in [5, 5.41) is 11.9. The quantitative estimate of drug-likeness (QED) is 0.619. The van der Waals surface area contributed by atoms with Gasteiger partial charge >= 0.3 is 5.97 Å². The van der Waals surface area contributed by atoms with Gasteiger partial charge in [-0.25, -0.2) is 0 Å². The summed E-state index contributed by atoms with van der Waals surface area (Å²) in [5.41, 5.74) is 0. The first kappa shape index (κ1) is 7.88. The zero-order valence-electron chi connectivity index (χ0n) is 5.83. The molecule has 58 valence electrons. The summed E-state index contributed by atoms with van der Waals surface area (Å²) in [6.45, 7) is 2.05. The maximum Gasteiger partial charge on any atom is 0.321 e. The van der Waals surface area contributed by atoms with Gasteiger partial charge in [0, 0.05) is 5.75 Å². The standard InChI is InChI=1S/C6H11NO2S/c1-2-5-7-4(3-10-5)6(8)9/h4-5,7H,2-3H2,1H3,(H,8,9)/t4?,5-/m1/s1. The van der Waals surface area contributed by atoms with Crippen LogP contribution in [0.25, 0.3) is 0 Å². The molecule has 2 atom stereocenters. The van der Waals surface area contributed by atoms with Crippen molar-refractivity contribution in [1.29, 1.82) is 0 Å². The molecule has 0 aromatic rings. The number of hydrogen-bond acceptors (Lipinski definition) is 3. The molecule has 10 heavy (non-hydrogen) atoms. The second-order valence-electron chi connectivity index (χ2n) is 2.29. The third-order valence-electron chi connectivity index (χ3n) is 1.52. The molecule has 0 saturated carbocycles. The van der Waals surface area contributed by atoms with Crippen LogP contribution in [-0.2, 0) is 4.79 Å². The van der Waals surface area contributed by atoms with E-state index in [1.165, 1.54) is 0 Å². The zero-order valence-corrected chi connectivity index (χ0v) is 6.65. The van der Waals surface area contributed by atoms with Crippen LogP contribution in [0.1, 0.15) is 13.3 Å².